The van der Waals surface area contributed by atoms with Crippen molar-refractivity contribution in [1.82, 2.24) is 15.2 Å². The highest BCUT2D eigenvalue weighted by molar-refractivity contribution is 7.13. The van der Waals surface area contributed by atoms with Gasteiger partial charge in [0.25, 0.3) is 0 Å². The number of ether oxygens (including phenoxy) is 2. The van der Waals surface area contributed by atoms with Crippen molar-refractivity contribution in [2.45, 2.75) is 58.4 Å². The minimum Gasteiger partial charge on any atom is -0.461 e. The summed E-state index contributed by atoms with van der Waals surface area (Å²) in [6, 6.07) is 4.20. The second-order valence-electron chi connectivity index (χ2n) is 8.75. The molecule has 2 unspecified atom stereocenters. The van der Waals surface area contributed by atoms with Crippen molar-refractivity contribution in [3.63, 3.8) is 0 Å². The van der Waals surface area contributed by atoms with E-state index in [1.54, 1.807) is 44.4 Å². The third-order valence-electron chi connectivity index (χ3n) is 4.74. The molecule has 1 saturated heterocycles. The number of urea groups is 1. The van der Waals surface area contributed by atoms with E-state index < -0.39 is 35.8 Å². The van der Waals surface area contributed by atoms with Crippen LogP contribution in [0.3, 0.4) is 0 Å². The lowest BCUT2D eigenvalue weighted by Gasteiger charge is -2.27. The number of hydrogen-bond donors (Lipinski definition) is 2. The molecule has 0 radical (unpaired) electrons. The Morgan fingerprint density at radius 3 is 2.62 bits per heavy atom. The predicted molar refractivity (Wildman–Crippen MR) is 130 cm³/mol. The number of amides is 3. The molecule has 0 saturated carbocycles. The highest BCUT2D eigenvalue weighted by Crippen LogP contribution is 2.36. The van der Waals surface area contributed by atoms with Crippen LogP contribution in [0.2, 0.25) is 10.0 Å². The van der Waals surface area contributed by atoms with Crippen molar-refractivity contribution in [1.29, 1.82) is 0 Å². The van der Waals surface area contributed by atoms with Crippen LogP contribution in [0.15, 0.2) is 23.6 Å². The Hall–Kier alpha value is -2.56. The van der Waals surface area contributed by atoms with Gasteiger partial charge in [0.05, 0.1) is 28.3 Å². The number of esters is 1. The van der Waals surface area contributed by atoms with Crippen molar-refractivity contribution in [2.75, 3.05) is 11.9 Å². The van der Waals surface area contributed by atoms with Gasteiger partial charge in [-0.05, 0) is 38.5 Å². The van der Waals surface area contributed by atoms with E-state index in [4.69, 9.17) is 32.7 Å². The van der Waals surface area contributed by atoms with E-state index in [0.29, 0.717) is 27.3 Å². The molecule has 0 spiro atoms. The number of likely N-dealkylation sites (tertiary alicyclic amines) is 1. The van der Waals surface area contributed by atoms with Gasteiger partial charge < -0.3 is 14.8 Å². The Kier molecular flexibility index (Phi) is 8.27. The van der Waals surface area contributed by atoms with Crippen LogP contribution >= 0.6 is 34.5 Å². The summed E-state index contributed by atoms with van der Waals surface area (Å²) < 4.78 is 10.8. The molecule has 1 fully saturated rings. The van der Waals surface area contributed by atoms with E-state index >= 15 is 0 Å². The van der Waals surface area contributed by atoms with Crippen LogP contribution in [0.25, 0.3) is 0 Å². The van der Waals surface area contributed by atoms with Crippen molar-refractivity contribution in [3.8, 4) is 0 Å². The Labute approximate surface area is 211 Å². The second-order valence-corrected chi connectivity index (χ2v) is 10.4. The number of hydrogen-bond acceptors (Lipinski definition) is 7. The Balaban J connectivity index is 1.65. The van der Waals surface area contributed by atoms with Crippen LogP contribution in [-0.2, 0) is 20.8 Å². The zero-order valence-corrected chi connectivity index (χ0v) is 21.5. The standard InChI is InChI=1S/C22H26Cl2N4O5S/c1-12(29)32-14-8-18(28(10-14)21(31)33-22(2,3)4)17-11-34-20(26-17)27-19(30)25-9-13-5-6-15(23)16(24)7-13/h5-7,11,14,18H,8-10H2,1-4H3,(H2,25,26,27,30). The number of nitrogens with one attached hydrogen (secondary N) is 2. The molecule has 2 N–H and O–H groups in total. The van der Waals surface area contributed by atoms with Crippen LogP contribution in [-0.4, -0.2) is 46.2 Å². The lowest BCUT2D eigenvalue weighted by atomic mass is 10.1. The molecule has 12 heteroatoms. The van der Waals surface area contributed by atoms with Crippen LogP contribution in [0.4, 0.5) is 14.7 Å². The lowest BCUT2D eigenvalue weighted by molar-refractivity contribution is -0.145. The maximum Gasteiger partial charge on any atom is 0.410 e. The Morgan fingerprint density at radius 2 is 1.97 bits per heavy atom. The number of benzene rings is 1. The van der Waals surface area contributed by atoms with Gasteiger partial charge in [0.1, 0.15) is 11.7 Å². The first-order valence-electron chi connectivity index (χ1n) is 10.5. The predicted octanol–water partition coefficient (Wildman–Crippen LogP) is 5.39. The molecular weight excluding hydrogens is 503 g/mol. The molecule has 1 aliphatic heterocycles. The minimum absolute atomic E-state index is 0.198. The smallest absolute Gasteiger partial charge is 0.410 e. The molecule has 3 rings (SSSR count). The number of carbonyl (C=O) groups is 3. The summed E-state index contributed by atoms with van der Waals surface area (Å²) >= 11 is 13.1. The molecule has 2 heterocycles. The summed E-state index contributed by atoms with van der Waals surface area (Å²) in [5, 5.41) is 8.38. The fourth-order valence-corrected chi connectivity index (χ4v) is 4.46. The SMILES string of the molecule is CC(=O)OC1CC(c2csc(NC(=O)NCc3ccc(Cl)c(Cl)c3)n2)N(C(=O)OC(C)(C)C)C1. The molecule has 1 aromatic carbocycles. The fourth-order valence-electron chi connectivity index (χ4n) is 3.39. The van der Waals surface area contributed by atoms with E-state index in [9.17, 15) is 14.4 Å². The van der Waals surface area contributed by atoms with Gasteiger partial charge in [0.2, 0.25) is 0 Å². The third-order valence-corrected chi connectivity index (χ3v) is 6.26. The maximum absolute atomic E-state index is 12.8. The second kappa shape index (κ2) is 10.8. The van der Waals surface area contributed by atoms with Crippen LogP contribution in [0, 0.1) is 0 Å². The van der Waals surface area contributed by atoms with Gasteiger partial charge in [-0.25, -0.2) is 14.6 Å². The zero-order chi connectivity index (χ0) is 25.0. The number of aromatic nitrogens is 1. The van der Waals surface area contributed by atoms with Crippen LogP contribution < -0.4 is 10.6 Å². The van der Waals surface area contributed by atoms with Crippen molar-refractivity contribution >= 4 is 57.8 Å². The maximum atomic E-state index is 12.8. The normalized spacial score (nSPS) is 17.9. The number of thiazole rings is 1. The molecule has 9 nitrogen and oxygen atoms in total. The quantitative estimate of drug-likeness (QED) is 0.503. The van der Waals surface area contributed by atoms with Gasteiger partial charge in [0, 0.05) is 25.3 Å². The first-order valence-corrected chi connectivity index (χ1v) is 12.2. The number of carbonyl (C=O) groups excluding carboxylic acids is 3. The number of nitrogens with zero attached hydrogens (tertiary/aromatic N) is 2. The molecule has 1 aliphatic rings. The van der Waals surface area contributed by atoms with Gasteiger partial charge in [-0.15, -0.1) is 11.3 Å². The molecule has 1 aromatic heterocycles. The molecule has 2 atom stereocenters. The average molecular weight is 529 g/mol. The van der Waals surface area contributed by atoms with Gasteiger partial charge in [-0.1, -0.05) is 29.3 Å². The van der Waals surface area contributed by atoms with E-state index in [0.717, 1.165) is 5.56 Å². The zero-order valence-electron chi connectivity index (χ0n) is 19.2. The highest BCUT2D eigenvalue weighted by atomic mass is 35.5. The average Bonchev–Trinajstić information content (AvgIpc) is 3.34. The van der Waals surface area contributed by atoms with Gasteiger partial charge in [-0.3, -0.25) is 15.0 Å². The monoisotopic (exact) mass is 528 g/mol. The number of anilines is 1. The summed E-state index contributed by atoms with van der Waals surface area (Å²) in [5.41, 5.74) is 0.688. The molecule has 3 amide bonds. The largest absolute Gasteiger partial charge is 0.461 e. The van der Waals surface area contributed by atoms with E-state index in [1.165, 1.54) is 23.2 Å². The highest BCUT2D eigenvalue weighted by Gasteiger charge is 2.41. The van der Waals surface area contributed by atoms with Gasteiger partial charge in [0.15, 0.2) is 5.13 Å². The summed E-state index contributed by atoms with van der Waals surface area (Å²) in [6.45, 7) is 7.11. The molecule has 0 aliphatic carbocycles. The summed E-state index contributed by atoms with van der Waals surface area (Å²) in [4.78, 5) is 42.5. The first kappa shape index (κ1) is 26.1. The third kappa shape index (κ3) is 7.22. The molecule has 184 valence electrons. The molecular formula is C22H26Cl2N4O5S. The molecule has 0 bridgehead atoms. The molecule has 2 aromatic rings. The summed E-state index contributed by atoms with van der Waals surface area (Å²) in [6.07, 6.45) is -0.609. The van der Waals surface area contributed by atoms with E-state index in [-0.39, 0.29) is 13.1 Å². The van der Waals surface area contributed by atoms with E-state index in [1.807, 2.05) is 0 Å². The molecule has 34 heavy (non-hydrogen) atoms. The Bertz CT molecular complexity index is 1070. The van der Waals surface area contributed by atoms with Crippen LogP contribution in [0.5, 0.6) is 0 Å². The Morgan fingerprint density at radius 1 is 1.24 bits per heavy atom. The van der Waals surface area contributed by atoms with Crippen molar-refractivity contribution in [2.24, 2.45) is 0 Å². The minimum atomic E-state index is -0.678. The van der Waals surface area contributed by atoms with Crippen molar-refractivity contribution < 1.29 is 23.9 Å². The fraction of sp³-hybridized carbons (Fsp3) is 0.455. The summed E-state index contributed by atoms with van der Waals surface area (Å²) in [7, 11) is 0. The topological polar surface area (TPSA) is 110 Å². The van der Waals surface area contributed by atoms with Gasteiger partial charge >= 0.3 is 18.1 Å². The number of rotatable bonds is 5. The van der Waals surface area contributed by atoms with Crippen molar-refractivity contribution in [3.05, 3.63) is 44.9 Å². The van der Waals surface area contributed by atoms with Crippen LogP contribution in [0.1, 0.15) is 51.4 Å². The van der Waals surface area contributed by atoms with Gasteiger partial charge in [-0.2, -0.15) is 0 Å². The summed E-state index contributed by atoms with van der Waals surface area (Å²) in [5.74, 6) is -0.422. The van der Waals surface area contributed by atoms with E-state index in [2.05, 4.69) is 15.6 Å². The lowest BCUT2D eigenvalue weighted by Crippen LogP contribution is -2.37. The number of halogens is 2. The first-order chi connectivity index (χ1) is 15.9.